The highest BCUT2D eigenvalue weighted by Gasteiger charge is 2.10. The Labute approximate surface area is 92.6 Å². The van der Waals surface area contributed by atoms with E-state index in [1.54, 1.807) is 17.1 Å². The summed E-state index contributed by atoms with van der Waals surface area (Å²) in [4.78, 5) is 10.5. The van der Waals surface area contributed by atoms with Crippen LogP contribution in [0, 0.1) is 0 Å². The van der Waals surface area contributed by atoms with Gasteiger partial charge in [-0.1, -0.05) is 5.16 Å². The van der Waals surface area contributed by atoms with Crippen LogP contribution in [0.1, 0.15) is 16.2 Å². The molecule has 0 fully saturated rings. The van der Waals surface area contributed by atoms with Crippen LogP contribution in [0.2, 0.25) is 0 Å². The average molecular weight is 272 g/mol. The molecular formula is C8H6BrN3O3. The first kappa shape index (κ1) is 9.91. The van der Waals surface area contributed by atoms with E-state index >= 15 is 0 Å². The van der Waals surface area contributed by atoms with E-state index in [2.05, 4.69) is 26.2 Å². The summed E-state index contributed by atoms with van der Waals surface area (Å²) in [6.07, 6.45) is 3.39. The maximum atomic E-state index is 10.5. The fourth-order valence-corrected chi connectivity index (χ4v) is 1.40. The summed E-state index contributed by atoms with van der Waals surface area (Å²) in [7, 11) is 0. The molecule has 0 saturated heterocycles. The highest BCUT2D eigenvalue weighted by atomic mass is 79.9. The van der Waals surface area contributed by atoms with Gasteiger partial charge >= 0.3 is 5.97 Å². The standard InChI is InChI=1S/C8H6BrN3O3/c9-5-2-10-12(3-5)4-6-1-7(8(13)14)11-15-6/h1-3H,4H2,(H,13,14). The molecule has 0 bridgehead atoms. The Kier molecular flexibility index (Phi) is 2.55. The summed E-state index contributed by atoms with van der Waals surface area (Å²) in [6.45, 7) is 0.353. The zero-order valence-electron chi connectivity index (χ0n) is 7.42. The van der Waals surface area contributed by atoms with Gasteiger partial charge in [-0.25, -0.2) is 4.79 Å². The van der Waals surface area contributed by atoms with Crippen molar-refractivity contribution in [2.24, 2.45) is 0 Å². The van der Waals surface area contributed by atoms with Crippen molar-refractivity contribution >= 4 is 21.9 Å². The van der Waals surface area contributed by atoms with E-state index < -0.39 is 5.97 Å². The lowest BCUT2D eigenvalue weighted by Gasteiger charge is -1.93. The molecule has 15 heavy (non-hydrogen) atoms. The maximum Gasteiger partial charge on any atom is 0.358 e. The third-order valence-electron chi connectivity index (χ3n) is 1.70. The number of aromatic carboxylic acids is 1. The van der Waals surface area contributed by atoms with Gasteiger partial charge in [0.25, 0.3) is 0 Å². The van der Waals surface area contributed by atoms with E-state index in [0.717, 1.165) is 4.47 Å². The molecule has 7 heteroatoms. The number of carboxylic acid groups (broad SMARTS) is 1. The van der Waals surface area contributed by atoms with E-state index in [9.17, 15) is 4.79 Å². The molecule has 0 aliphatic heterocycles. The Hall–Kier alpha value is -1.63. The fourth-order valence-electron chi connectivity index (χ4n) is 1.07. The van der Waals surface area contributed by atoms with Crippen molar-refractivity contribution in [2.45, 2.75) is 6.54 Å². The lowest BCUT2D eigenvalue weighted by atomic mass is 10.3. The van der Waals surface area contributed by atoms with Crippen molar-refractivity contribution in [3.05, 3.63) is 34.4 Å². The summed E-state index contributed by atoms with van der Waals surface area (Å²) in [5, 5.41) is 16.0. The molecule has 78 valence electrons. The highest BCUT2D eigenvalue weighted by molar-refractivity contribution is 9.10. The van der Waals surface area contributed by atoms with Crippen LogP contribution in [-0.4, -0.2) is 26.0 Å². The number of halogens is 1. The predicted molar refractivity (Wildman–Crippen MR) is 52.5 cm³/mol. The van der Waals surface area contributed by atoms with E-state index in [1.165, 1.54) is 6.07 Å². The monoisotopic (exact) mass is 271 g/mol. The van der Waals surface area contributed by atoms with Crippen LogP contribution in [0.25, 0.3) is 0 Å². The molecule has 0 aromatic carbocycles. The van der Waals surface area contributed by atoms with Crippen molar-refractivity contribution in [1.29, 1.82) is 0 Å². The van der Waals surface area contributed by atoms with Crippen molar-refractivity contribution in [3.63, 3.8) is 0 Å². The first-order chi connectivity index (χ1) is 7.15. The maximum absolute atomic E-state index is 10.5. The lowest BCUT2D eigenvalue weighted by Crippen LogP contribution is -1.98. The minimum absolute atomic E-state index is 0.101. The van der Waals surface area contributed by atoms with Crippen LogP contribution in [-0.2, 0) is 6.54 Å². The van der Waals surface area contributed by atoms with Gasteiger partial charge in [-0.15, -0.1) is 0 Å². The van der Waals surface area contributed by atoms with Crippen LogP contribution < -0.4 is 0 Å². The first-order valence-corrected chi connectivity index (χ1v) is 4.81. The number of carboxylic acids is 1. The largest absolute Gasteiger partial charge is 0.476 e. The summed E-state index contributed by atoms with van der Waals surface area (Å²) in [6, 6.07) is 1.37. The number of aromatic nitrogens is 3. The molecule has 0 atom stereocenters. The second-order valence-electron chi connectivity index (χ2n) is 2.84. The normalized spacial score (nSPS) is 10.5. The number of nitrogens with zero attached hydrogens (tertiary/aromatic N) is 3. The smallest absolute Gasteiger partial charge is 0.358 e. The molecule has 0 aliphatic carbocycles. The van der Waals surface area contributed by atoms with Gasteiger partial charge in [-0.3, -0.25) is 4.68 Å². The van der Waals surface area contributed by atoms with Gasteiger partial charge in [0.2, 0.25) is 0 Å². The summed E-state index contributed by atoms with van der Waals surface area (Å²) >= 11 is 3.25. The molecule has 6 nitrogen and oxygen atoms in total. The SMILES string of the molecule is O=C(O)c1cc(Cn2cc(Br)cn2)on1. The highest BCUT2D eigenvalue weighted by Crippen LogP contribution is 2.09. The van der Waals surface area contributed by atoms with Crippen molar-refractivity contribution in [2.75, 3.05) is 0 Å². The second kappa shape index (κ2) is 3.85. The second-order valence-corrected chi connectivity index (χ2v) is 3.76. The number of rotatable bonds is 3. The van der Waals surface area contributed by atoms with E-state index in [-0.39, 0.29) is 5.69 Å². The Morgan fingerprint density at radius 2 is 2.47 bits per heavy atom. The van der Waals surface area contributed by atoms with Crippen LogP contribution >= 0.6 is 15.9 Å². The van der Waals surface area contributed by atoms with Crippen LogP contribution in [0.5, 0.6) is 0 Å². The minimum atomic E-state index is -1.10. The third-order valence-corrected chi connectivity index (χ3v) is 2.11. The number of hydrogen-bond acceptors (Lipinski definition) is 4. The summed E-state index contributed by atoms with van der Waals surface area (Å²) in [5.74, 6) is -0.658. The molecule has 2 aromatic rings. The molecule has 1 N–H and O–H groups in total. The van der Waals surface area contributed by atoms with Gasteiger partial charge in [-0.05, 0) is 15.9 Å². The number of carbonyl (C=O) groups is 1. The quantitative estimate of drug-likeness (QED) is 0.912. The van der Waals surface area contributed by atoms with Crippen LogP contribution in [0.15, 0.2) is 27.5 Å². The van der Waals surface area contributed by atoms with Crippen molar-refractivity contribution in [3.8, 4) is 0 Å². The van der Waals surface area contributed by atoms with Crippen LogP contribution in [0.3, 0.4) is 0 Å². The summed E-state index contributed by atoms with van der Waals surface area (Å²) < 4.78 is 7.29. The molecule has 0 unspecified atom stereocenters. The molecule has 0 amide bonds. The topological polar surface area (TPSA) is 81.1 Å². The zero-order chi connectivity index (χ0) is 10.8. The predicted octanol–water partition coefficient (Wildman–Crippen LogP) is 1.38. The Morgan fingerprint density at radius 3 is 3.00 bits per heavy atom. The van der Waals surface area contributed by atoms with Crippen molar-refractivity contribution < 1.29 is 14.4 Å². The average Bonchev–Trinajstić information content (AvgIpc) is 2.76. The Bertz CT molecular complexity index is 491. The van der Waals surface area contributed by atoms with Crippen molar-refractivity contribution in [1.82, 2.24) is 14.9 Å². The molecular weight excluding hydrogens is 266 g/mol. The fraction of sp³-hybridized carbons (Fsp3) is 0.125. The van der Waals surface area contributed by atoms with Gasteiger partial charge in [0.1, 0.15) is 6.54 Å². The molecule has 2 rings (SSSR count). The van der Waals surface area contributed by atoms with Gasteiger partial charge in [0.05, 0.1) is 10.7 Å². The zero-order valence-corrected chi connectivity index (χ0v) is 9.01. The summed E-state index contributed by atoms with van der Waals surface area (Å²) in [5.41, 5.74) is -0.101. The van der Waals surface area contributed by atoms with Crippen LogP contribution in [0.4, 0.5) is 0 Å². The van der Waals surface area contributed by atoms with E-state index in [0.29, 0.717) is 12.3 Å². The lowest BCUT2D eigenvalue weighted by molar-refractivity contribution is 0.0685. The molecule has 0 aliphatic rings. The number of hydrogen-bond donors (Lipinski definition) is 1. The van der Waals surface area contributed by atoms with E-state index in [1.807, 2.05) is 0 Å². The Morgan fingerprint density at radius 1 is 1.67 bits per heavy atom. The van der Waals surface area contributed by atoms with Gasteiger partial charge in [0, 0.05) is 12.3 Å². The van der Waals surface area contributed by atoms with Gasteiger partial charge in [0.15, 0.2) is 11.5 Å². The molecule has 0 saturated carbocycles. The third kappa shape index (κ3) is 2.24. The molecule has 0 spiro atoms. The van der Waals surface area contributed by atoms with E-state index in [4.69, 9.17) is 9.63 Å². The molecule has 0 radical (unpaired) electrons. The van der Waals surface area contributed by atoms with Gasteiger partial charge < -0.3 is 9.63 Å². The first-order valence-electron chi connectivity index (χ1n) is 4.02. The Balaban J connectivity index is 2.14. The minimum Gasteiger partial charge on any atom is -0.476 e. The van der Waals surface area contributed by atoms with Gasteiger partial charge in [-0.2, -0.15) is 5.10 Å². The molecule has 2 heterocycles. The molecule has 2 aromatic heterocycles.